The normalized spacial score (nSPS) is 15.4. The van der Waals surface area contributed by atoms with Crippen molar-refractivity contribution >= 4 is 22.4 Å². The Balaban J connectivity index is 1.48. The molecule has 1 amide bonds. The van der Waals surface area contributed by atoms with Gasteiger partial charge < -0.3 is 14.1 Å². The molecule has 2 aromatic carbocycles. The number of rotatable bonds is 6. The molecule has 0 radical (unpaired) electrons. The Bertz CT molecular complexity index is 1120. The smallest absolute Gasteiger partial charge is 0.246 e. The van der Waals surface area contributed by atoms with Crippen LogP contribution >= 0.6 is 0 Å². The van der Waals surface area contributed by atoms with Crippen molar-refractivity contribution in [3.05, 3.63) is 71.0 Å². The van der Waals surface area contributed by atoms with E-state index >= 15 is 0 Å². The van der Waals surface area contributed by atoms with Gasteiger partial charge in [-0.3, -0.25) is 9.69 Å². The van der Waals surface area contributed by atoms with Crippen LogP contribution in [0.15, 0.2) is 53.0 Å². The number of hydrogen-bond donors (Lipinski definition) is 0. The lowest BCUT2D eigenvalue weighted by atomic mass is 10.0. The largest absolute Gasteiger partial charge is 0.493 e. The molecule has 32 heavy (non-hydrogen) atoms. The highest BCUT2D eigenvalue weighted by Crippen LogP contribution is 2.35. The van der Waals surface area contributed by atoms with Gasteiger partial charge in [-0.2, -0.15) is 0 Å². The zero-order chi connectivity index (χ0) is 22.7. The number of furan rings is 1. The zero-order valence-corrected chi connectivity index (χ0v) is 19.5. The molecule has 1 aromatic heterocycles. The van der Waals surface area contributed by atoms with Gasteiger partial charge in [0.15, 0.2) is 0 Å². The summed E-state index contributed by atoms with van der Waals surface area (Å²) in [5.74, 6) is 1.72. The number of benzene rings is 2. The fourth-order valence-electron chi connectivity index (χ4n) is 4.28. The highest BCUT2D eigenvalue weighted by Gasteiger charge is 2.21. The molecule has 4 rings (SSSR count). The predicted octanol–water partition coefficient (Wildman–Crippen LogP) is 5.20. The Hall–Kier alpha value is -3.05. The van der Waals surface area contributed by atoms with Crippen molar-refractivity contribution in [2.75, 3.05) is 32.8 Å². The van der Waals surface area contributed by atoms with E-state index < -0.39 is 0 Å². The maximum Gasteiger partial charge on any atom is 0.246 e. The fraction of sp³-hybridized carbons (Fsp3) is 0.370. The van der Waals surface area contributed by atoms with Gasteiger partial charge >= 0.3 is 0 Å². The summed E-state index contributed by atoms with van der Waals surface area (Å²) in [4.78, 5) is 17.4. The van der Waals surface area contributed by atoms with Crippen molar-refractivity contribution in [3.63, 3.8) is 0 Å². The molecule has 0 saturated carbocycles. The van der Waals surface area contributed by atoms with E-state index in [0.29, 0.717) is 6.61 Å². The van der Waals surface area contributed by atoms with E-state index in [-0.39, 0.29) is 5.91 Å². The van der Waals surface area contributed by atoms with Gasteiger partial charge in [0.2, 0.25) is 5.91 Å². The first-order valence-electron chi connectivity index (χ1n) is 11.4. The molecule has 0 N–H and O–H groups in total. The van der Waals surface area contributed by atoms with Gasteiger partial charge in [0.05, 0.1) is 6.61 Å². The minimum absolute atomic E-state index is 0.0597. The molecule has 5 heteroatoms. The topological polar surface area (TPSA) is 45.9 Å². The number of carbonyl (C=O) groups is 1. The highest BCUT2D eigenvalue weighted by molar-refractivity contribution is 5.97. The molecule has 0 atom stereocenters. The molecule has 3 aromatic rings. The summed E-state index contributed by atoms with van der Waals surface area (Å²) >= 11 is 0. The second kappa shape index (κ2) is 9.61. The Morgan fingerprint density at radius 3 is 2.50 bits per heavy atom. The van der Waals surface area contributed by atoms with Crippen LogP contribution < -0.4 is 4.74 Å². The van der Waals surface area contributed by atoms with Gasteiger partial charge in [0, 0.05) is 55.8 Å². The minimum atomic E-state index is 0.0597. The molecule has 1 saturated heterocycles. The summed E-state index contributed by atoms with van der Waals surface area (Å²) in [5.41, 5.74) is 5.11. The van der Waals surface area contributed by atoms with Crippen molar-refractivity contribution in [1.29, 1.82) is 0 Å². The van der Waals surface area contributed by atoms with Gasteiger partial charge in [-0.15, -0.1) is 0 Å². The predicted molar refractivity (Wildman–Crippen MR) is 129 cm³/mol. The molecule has 5 nitrogen and oxygen atoms in total. The number of aryl methyl sites for hydroxylation is 2. The maximum atomic E-state index is 13.0. The summed E-state index contributed by atoms with van der Waals surface area (Å²) in [6, 6.07) is 14.5. The quantitative estimate of drug-likeness (QED) is 0.503. The van der Waals surface area contributed by atoms with Gasteiger partial charge in [-0.1, -0.05) is 30.3 Å². The fourth-order valence-corrected chi connectivity index (χ4v) is 4.28. The summed E-state index contributed by atoms with van der Waals surface area (Å²) < 4.78 is 11.8. The lowest BCUT2D eigenvalue weighted by molar-refractivity contribution is -0.127. The lowest BCUT2D eigenvalue weighted by Crippen LogP contribution is -2.47. The number of carbonyl (C=O) groups excluding carboxylic acids is 1. The first-order chi connectivity index (χ1) is 15.5. The molecule has 1 fully saturated rings. The van der Waals surface area contributed by atoms with E-state index in [0.717, 1.165) is 71.9 Å². The van der Waals surface area contributed by atoms with Crippen LogP contribution in [0.3, 0.4) is 0 Å². The molecule has 0 unspecified atom stereocenters. The molecule has 168 valence electrons. The molecule has 1 aliphatic heterocycles. The number of piperazine rings is 1. The van der Waals surface area contributed by atoms with Gasteiger partial charge in [0.25, 0.3) is 0 Å². The molecule has 0 aliphatic carbocycles. The summed E-state index contributed by atoms with van der Waals surface area (Å²) in [6.07, 6.45) is 1.75. The van der Waals surface area contributed by atoms with Crippen molar-refractivity contribution in [2.24, 2.45) is 0 Å². The van der Waals surface area contributed by atoms with Crippen molar-refractivity contribution in [3.8, 4) is 5.75 Å². The summed E-state index contributed by atoms with van der Waals surface area (Å²) in [6.45, 7) is 12.7. The molecule has 0 spiro atoms. The van der Waals surface area contributed by atoms with E-state index in [2.05, 4.69) is 42.2 Å². The van der Waals surface area contributed by atoms with Crippen molar-refractivity contribution < 1.29 is 13.9 Å². The lowest BCUT2D eigenvalue weighted by Gasteiger charge is -2.34. The van der Waals surface area contributed by atoms with Crippen LogP contribution in [0.4, 0.5) is 0 Å². The van der Waals surface area contributed by atoms with Crippen molar-refractivity contribution in [2.45, 2.75) is 34.2 Å². The van der Waals surface area contributed by atoms with Crippen LogP contribution in [0.25, 0.3) is 16.5 Å². The first kappa shape index (κ1) is 22.2. The number of fused-ring (bicyclic) bond motifs is 1. The second-order valence-corrected chi connectivity index (χ2v) is 8.48. The Morgan fingerprint density at radius 2 is 1.81 bits per heavy atom. The van der Waals surface area contributed by atoms with Crippen LogP contribution in [0.1, 0.15) is 36.3 Å². The number of ether oxygens (including phenoxy) is 1. The van der Waals surface area contributed by atoms with Gasteiger partial charge in [0.1, 0.15) is 17.1 Å². The number of nitrogens with zero attached hydrogens (tertiary/aromatic N) is 2. The number of allylic oxidation sites excluding steroid dienone is 1. The first-order valence-corrected chi connectivity index (χ1v) is 11.4. The molecule has 2 heterocycles. The number of hydrogen-bond acceptors (Lipinski definition) is 4. The van der Waals surface area contributed by atoms with E-state index in [4.69, 9.17) is 9.15 Å². The average molecular weight is 433 g/mol. The SMILES string of the molecule is CCOc1cc2oc(C)c(C)c2cc1/C(C)=C/C(=O)N1CCN(Cc2ccccc2)CC1. The van der Waals surface area contributed by atoms with Crippen LogP contribution in [-0.2, 0) is 11.3 Å². The van der Waals surface area contributed by atoms with E-state index in [1.54, 1.807) is 6.08 Å². The minimum Gasteiger partial charge on any atom is -0.493 e. The molecular formula is C27H32N2O3. The average Bonchev–Trinajstić information content (AvgIpc) is 3.07. The van der Waals surface area contributed by atoms with E-state index in [1.165, 1.54) is 5.56 Å². The third-order valence-corrected chi connectivity index (χ3v) is 6.27. The zero-order valence-electron chi connectivity index (χ0n) is 19.5. The molecule has 1 aliphatic rings. The summed E-state index contributed by atoms with van der Waals surface area (Å²) in [5, 5.41) is 1.07. The third-order valence-electron chi connectivity index (χ3n) is 6.27. The van der Waals surface area contributed by atoms with Gasteiger partial charge in [-0.25, -0.2) is 0 Å². The third kappa shape index (κ3) is 4.73. The van der Waals surface area contributed by atoms with Crippen LogP contribution in [0.2, 0.25) is 0 Å². The van der Waals surface area contributed by atoms with Gasteiger partial charge in [-0.05, 0) is 50.5 Å². The standard InChI is InChI=1S/C27H32N2O3/c1-5-31-25-17-26-24(20(3)21(4)32-26)16-23(25)19(2)15-27(30)29-13-11-28(12-14-29)18-22-9-7-6-8-10-22/h6-10,15-17H,5,11-14,18H2,1-4H3/b19-15+. The molecule has 0 bridgehead atoms. The van der Waals surface area contributed by atoms with Crippen molar-refractivity contribution in [1.82, 2.24) is 9.80 Å². The monoisotopic (exact) mass is 432 g/mol. The Kier molecular flexibility index (Phi) is 6.66. The Morgan fingerprint density at radius 1 is 1.09 bits per heavy atom. The van der Waals surface area contributed by atoms with Crippen LogP contribution in [0, 0.1) is 13.8 Å². The number of amides is 1. The molecular weight excluding hydrogens is 400 g/mol. The van der Waals surface area contributed by atoms with Crippen LogP contribution in [0.5, 0.6) is 5.75 Å². The highest BCUT2D eigenvalue weighted by atomic mass is 16.5. The van der Waals surface area contributed by atoms with Crippen LogP contribution in [-0.4, -0.2) is 48.5 Å². The van der Waals surface area contributed by atoms with E-state index in [9.17, 15) is 4.79 Å². The maximum absolute atomic E-state index is 13.0. The second-order valence-electron chi connectivity index (χ2n) is 8.48. The summed E-state index contributed by atoms with van der Waals surface area (Å²) in [7, 11) is 0. The van der Waals surface area contributed by atoms with E-state index in [1.807, 2.05) is 37.8 Å². The Labute approximate surface area is 190 Å².